The highest BCUT2D eigenvalue weighted by molar-refractivity contribution is 5.94. The van der Waals surface area contributed by atoms with Crippen molar-refractivity contribution in [1.29, 1.82) is 0 Å². The Kier molecular flexibility index (Phi) is 3.12. The average molecular weight is 286 g/mol. The molecule has 0 N–H and O–H groups in total. The van der Waals surface area contributed by atoms with E-state index in [0.29, 0.717) is 6.54 Å². The summed E-state index contributed by atoms with van der Waals surface area (Å²) in [4.78, 5) is 0. The molecular weight excluding hydrogens is 272 g/mol. The molecule has 1 aromatic heterocycles. The third kappa shape index (κ3) is 2.24. The van der Waals surface area contributed by atoms with E-state index in [0.717, 1.165) is 16.8 Å². The van der Waals surface area contributed by atoms with Gasteiger partial charge in [0.2, 0.25) is 0 Å². The summed E-state index contributed by atoms with van der Waals surface area (Å²) in [7, 11) is 0. The summed E-state index contributed by atoms with van der Waals surface area (Å²) in [5, 5.41) is 14.6. The molecule has 0 saturated carbocycles. The van der Waals surface area contributed by atoms with Crippen LogP contribution >= 0.6 is 0 Å². The second-order valence-electron chi connectivity index (χ2n) is 5.17. The van der Waals surface area contributed by atoms with E-state index in [1.165, 1.54) is 10.9 Å². The fourth-order valence-corrected chi connectivity index (χ4v) is 2.68. The van der Waals surface area contributed by atoms with E-state index in [-0.39, 0.29) is 0 Å². The van der Waals surface area contributed by atoms with Gasteiger partial charge in [-0.3, -0.25) is 0 Å². The van der Waals surface area contributed by atoms with Crippen LogP contribution in [0.25, 0.3) is 22.2 Å². The Morgan fingerprint density at radius 3 is 2.45 bits per heavy atom. The number of aromatic nitrogens is 4. The van der Waals surface area contributed by atoms with Crippen LogP contribution in [0.1, 0.15) is 5.56 Å². The van der Waals surface area contributed by atoms with Crippen molar-refractivity contribution >= 4 is 10.8 Å². The Bertz CT molecular complexity index is 907. The molecule has 0 saturated heterocycles. The molecule has 0 aliphatic rings. The Hall–Kier alpha value is -3.01. The molecular formula is C18H14N4. The van der Waals surface area contributed by atoms with Crippen LogP contribution < -0.4 is 0 Å². The number of nitrogens with zero attached hydrogens (tertiary/aromatic N) is 4. The van der Waals surface area contributed by atoms with Crippen LogP contribution in [0.15, 0.2) is 72.8 Å². The highest BCUT2D eigenvalue weighted by Gasteiger charge is 2.12. The largest absolute Gasteiger partial charge is 0.221 e. The first-order chi connectivity index (χ1) is 10.9. The summed E-state index contributed by atoms with van der Waals surface area (Å²) in [5.74, 6) is 0.792. The zero-order valence-corrected chi connectivity index (χ0v) is 11.9. The molecule has 0 bridgehead atoms. The standard InChI is InChI=1S/C18H14N4/c1-2-7-14(8-3-1)13-22-18(19-20-21-22)17-12-6-10-15-9-4-5-11-16(15)17/h1-12H,13H2. The summed E-state index contributed by atoms with van der Waals surface area (Å²) in [6.45, 7) is 0.659. The molecule has 4 heteroatoms. The van der Waals surface area contributed by atoms with Crippen LogP contribution in [0.3, 0.4) is 0 Å². The third-order valence-corrected chi connectivity index (χ3v) is 3.74. The lowest BCUT2D eigenvalue weighted by atomic mass is 10.0. The topological polar surface area (TPSA) is 43.6 Å². The summed E-state index contributed by atoms with van der Waals surface area (Å²) in [6, 6.07) is 24.7. The van der Waals surface area contributed by atoms with E-state index in [2.05, 4.69) is 51.9 Å². The fraction of sp³-hybridized carbons (Fsp3) is 0.0556. The van der Waals surface area contributed by atoms with E-state index in [4.69, 9.17) is 0 Å². The fourth-order valence-electron chi connectivity index (χ4n) is 2.68. The number of rotatable bonds is 3. The number of benzene rings is 3. The zero-order valence-electron chi connectivity index (χ0n) is 11.9. The van der Waals surface area contributed by atoms with Crippen LogP contribution in [-0.2, 0) is 6.54 Å². The number of hydrogen-bond donors (Lipinski definition) is 0. The lowest BCUT2D eigenvalue weighted by Crippen LogP contribution is -2.04. The number of tetrazole rings is 1. The van der Waals surface area contributed by atoms with Crippen molar-refractivity contribution in [3.63, 3.8) is 0 Å². The lowest BCUT2D eigenvalue weighted by molar-refractivity contribution is 0.653. The second-order valence-corrected chi connectivity index (χ2v) is 5.17. The van der Waals surface area contributed by atoms with Gasteiger partial charge in [0.15, 0.2) is 5.82 Å². The molecule has 22 heavy (non-hydrogen) atoms. The molecule has 0 atom stereocenters. The van der Waals surface area contributed by atoms with Gasteiger partial charge in [-0.1, -0.05) is 72.8 Å². The predicted molar refractivity (Wildman–Crippen MR) is 86.3 cm³/mol. The predicted octanol–water partition coefficient (Wildman–Crippen LogP) is 3.54. The minimum atomic E-state index is 0.659. The first-order valence-corrected chi connectivity index (χ1v) is 7.20. The summed E-state index contributed by atoms with van der Waals surface area (Å²) in [5.41, 5.74) is 2.23. The van der Waals surface area contributed by atoms with E-state index in [1.54, 1.807) is 0 Å². The van der Waals surface area contributed by atoms with Crippen molar-refractivity contribution < 1.29 is 0 Å². The zero-order chi connectivity index (χ0) is 14.8. The van der Waals surface area contributed by atoms with Gasteiger partial charge in [0.1, 0.15) is 0 Å². The molecule has 4 rings (SSSR count). The van der Waals surface area contributed by atoms with Gasteiger partial charge in [-0.05, 0) is 26.8 Å². The van der Waals surface area contributed by atoms with E-state index >= 15 is 0 Å². The minimum absolute atomic E-state index is 0.659. The molecule has 0 radical (unpaired) electrons. The van der Waals surface area contributed by atoms with Crippen LogP contribution in [0.5, 0.6) is 0 Å². The third-order valence-electron chi connectivity index (χ3n) is 3.74. The van der Waals surface area contributed by atoms with Gasteiger partial charge in [0.25, 0.3) is 0 Å². The first kappa shape index (κ1) is 12.7. The van der Waals surface area contributed by atoms with Crippen LogP contribution in [0.2, 0.25) is 0 Å². The number of hydrogen-bond acceptors (Lipinski definition) is 3. The molecule has 3 aromatic carbocycles. The Balaban J connectivity index is 1.82. The summed E-state index contributed by atoms with van der Waals surface area (Å²) >= 11 is 0. The molecule has 0 aliphatic heterocycles. The Morgan fingerprint density at radius 1 is 0.773 bits per heavy atom. The van der Waals surface area contributed by atoms with Gasteiger partial charge in [-0.15, -0.1) is 5.10 Å². The molecule has 0 amide bonds. The lowest BCUT2D eigenvalue weighted by Gasteiger charge is -2.07. The van der Waals surface area contributed by atoms with Crippen molar-refractivity contribution in [2.75, 3.05) is 0 Å². The highest BCUT2D eigenvalue weighted by Crippen LogP contribution is 2.26. The second kappa shape index (κ2) is 5.41. The molecule has 1 heterocycles. The minimum Gasteiger partial charge on any atom is -0.221 e. The first-order valence-electron chi connectivity index (χ1n) is 7.20. The maximum Gasteiger partial charge on any atom is 0.182 e. The summed E-state index contributed by atoms with van der Waals surface area (Å²) < 4.78 is 1.84. The highest BCUT2D eigenvalue weighted by atomic mass is 15.5. The van der Waals surface area contributed by atoms with Crippen molar-refractivity contribution in [3.8, 4) is 11.4 Å². The molecule has 0 aliphatic carbocycles. The van der Waals surface area contributed by atoms with Crippen molar-refractivity contribution in [3.05, 3.63) is 78.4 Å². The van der Waals surface area contributed by atoms with Crippen molar-refractivity contribution in [2.24, 2.45) is 0 Å². The van der Waals surface area contributed by atoms with E-state index in [9.17, 15) is 0 Å². The number of fused-ring (bicyclic) bond motifs is 1. The van der Waals surface area contributed by atoms with Crippen LogP contribution in [-0.4, -0.2) is 20.2 Å². The maximum atomic E-state index is 4.23. The van der Waals surface area contributed by atoms with Gasteiger partial charge < -0.3 is 0 Å². The summed E-state index contributed by atoms with van der Waals surface area (Å²) in [6.07, 6.45) is 0. The molecule has 0 spiro atoms. The van der Waals surface area contributed by atoms with E-state index < -0.39 is 0 Å². The molecule has 0 fully saturated rings. The SMILES string of the molecule is c1ccc(Cn2nnnc2-c2cccc3ccccc23)cc1. The molecule has 106 valence electrons. The van der Waals surface area contributed by atoms with Crippen molar-refractivity contribution in [1.82, 2.24) is 20.2 Å². The average Bonchev–Trinajstić information content (AvgIpc) is 3.03. The molecule has 0 unspecified atom stereocenters. The Morgan fingerprint density at radius 2 is 1.55 bits per heavy atom. The van der Waals surface area contributed by atoms with Gasteiger partial charge in [0.05, 0.1) is 6.54 Å². The monoisotopic (exact) mass is 286 g/mol. The van der Waals surface area contributed by atoms with Gasteiger partial charge in [-0.2, -0.15) is 0 Å². The van der Waals surface area contributed by atoms with Gasteiger partial charge in [-0.25, -0.2) is 4.68 Å². The molecule has 4 nitrogen and oxygen atoms in total. The van der Waals surface area contributed by atoms with Gasteiger partial charge >= 0.3 is 0 Å². The van der Waals surface area contributed by atoms with E-state index in [1.807, 2.05) is 41.1 Å². The van der Waals surface area contributed by atoms with Crippen molar-refractivity contribution in [2.45, 2.75) is 6.54 Å². The molecule has 4 aromatic rings. The maximum absolute atomic E-state index is 4.23. The van der Waals surface area contributed by atoms with Crippen LogP contribution in [0.4, 0.5) is 0 Å². The van der Waals surface area contributed by atoms with Crippen LogP contribution in [0, 0.1) is 0 Å². The normalized spacial score (nSPS) is 10.9. The van der Waals surface area contributed by atoms with Gasteiger partial charge in [0, 0.05) is 5.56 Å². The Labute approximate surface area is 128 Å². The quantitative estimate of drug-likeness (QED) is 0.578. The smallest absolute Gasteiger partial charge is 0.182 e.